The van der Waals surface area contributed by atoms with Gasteiger partial charge in [0.1, 0.15) is 0 Å². The molecular formula is C18H25N3. The molecule has 0 fully saturated rings. The minimum Gasteiger partial charge on any atom is -0.310 e. The van der Waals surface area contributed by atoms with Gasteiger partial charge in [-0.15, -0.1) is 0 Å². The van der Waals surface area contributed by atoms with Gasteiger partial charge in [-0.05, 0) is 49.8 Å². The molecule has 1 aromatic carbocycles. The highest BCUT2D eigenvalue weighted by molar-refractivity contribution is 5.18. The van der Waals surface area contributed by atoms with Crippen LogP contribution in [0.15, 0.2) is 54.9 Å². The van der Waals surface area contributed by atoms with E-state index in [2.05, 4.69) is 71.6 Å². The summed E-state index contributed by atoms with van der Waals surface area (Å²) in [6.07, 6.45) is 4.82. The Morgan fingerprint density at radius 2 is 1.81 bits per heavy atom. The molecule has 1 atom stereocenters. The Balaban J connectivity index is 1.87. The van der Waals surface area contributed by atoms with Gasteiger partial charge in [0.15, 0.2) is 0 Å². The molecule has 112 valence electrons. The third kappa shape index (κ3) is 5.29. The number of hydrogen-bond donors (Lipinski definition) is 1. The summed E-state index contributed by atoms with van der Waals surface area (Å²) in [5.74, 6) is 0. The average Bonchev–Trinajstić information content (AvgIpc) is 2.53. The molecule has 1 heterocycles. The van der Waals surface area contributed by atoms with Crippen molar-refractivity contribution < 1.29 is 0 Å². The van der Waals surface area contributed by atoms with E-state index in [9.17, 15) is 0 Å². The van der Waals surface area contributed by atoms with Crippen molar-refractivity contribution in [2.45, 2.75) is 25.9 Å². The van der Waals surface area contributed by atoms with Crippen molar-refractivity contribution in [3.63, 3.8) is 0 Å². The first-order chi connectivity index (χ1) is 10.3. The summed E-state index contributed by atoms with van der Waals surface area (Å²) in [6.45, 7) is 5.19. The first kappa shape index (κ1) is 15.7. The van der Waals surface area contributed by atoms with Crippen LogP contribution in [0.2, 0.25) is 0 Å². The highest BCUT2D eigenvalue weighted by Gasteiger charge is 2.11. The fourth-order valence-electron chi connectivity index (χ4n) is 2.55. The van der Waals surface area contributed by atoms with Crippen molar-refractivity contribution in [2.75, 3.05) is 20.1 Å². The highest BCUT2D eigenvalue weighted by Crippen LogP contribution is 2.17. The van der Waals surface area contributed by atoms with Crippen LogP contribution in [0, 0.1) is 0 Å². The summed E-state index contributed by atoms with van der Waals surface area (Å²) in [5, 5.41) is 3.58. The van der Waals surface area contributed by atoms with E-state index in [0.717, 1.165) is 26.1 Å². The predicted octanol–water partition coefficient (Wildman–Crippen LogP) is 3.25. The van der Waals surface area contributed by atoms with E-state index >= 15 is 0 Å². The van der Waals surface area contributed by atoms with Crippen molar-refractivity contribution in [3.05, 3.63) is 66.0 Å². The molecule has 0 saturated heterocycles. The van der Waals surface area contributed by atoms with Crippen LogP contribution in [0.3, 0.4) is 0 Å². The molecule has 21 heavy (non-hydrogen) atoms. The number of nitrogens with one attached hydrogen (secondary N) is 1. The quantitative estimate of drug-likeness (QED) is 0.806. The number of benzene rings is 1. The van der Waals surface area contributed by atoms with Gasteiger partial charge in [-0.2, -0.15) is 0 Å². The number of nitrogens with zero attached hydrogens (tertiary/aromatic N) is 2. The molecule has 0 spiro atoms. The molecule has 0 amide bonds. The lowest BCUT2D eigenvalue weighted by molar-refractivity contribution is 0.301. The molecule has 2 aromatic rings. The molecular weight excluding hydrogens is 258 g/mol. The zero-order valence-corrected chi connectivity index (χ0v) is 13.0. The van der Waals surface area contributed by atoms with E-state index in [4.69, 9.17) is 0 Å². The Labute approximate surface area is 128 Å². The SMILES string of the molecule is CCNC(CCN(C)Cc1ccncc1)c1ccccc1. The Bertz CT molecular complexity index is 498. The zero-order valence-electron chi connectivity index (χ0n) is 13.0. The van der Waals surface area contributed by atoms with Crippen LogP contribution in [0.4, 0.5) is 0 Å². The van der Waals surface area contributed by atoms with E-state index < -0.39 is 0 Å². The molecule has 0 bridgehead atoms. The molecule has 1 N–H and O–H groups in total. The normalized spacial score (nSPS) is 12.5. The highest BCUT2D eigenvalue weighted by atomic mass is 15.1. The Morgan fingerprint density at radius 1 is 1.10 bits per heavy atom. The minimum atomic E-state index is 0.427. The molecule has 0 saturated carbocycles. The fourth-order valence-corrected chi connectivity index (χ4v) is 2.55. The maximum Gasteiger partial charge on any atom is 0.0332 e. The van der Waals surface area contributed by atoms with E-state index in [-0.39, 0.29) is 0 Å². The van der Waals surface area contributed by atoms with Gasteiger partial charge in [0.25, 0.3) is 0 Å². The maximum absolute atomic E-state index is 4.06. The lowest BCUT2D eigenvalue weighted by Crippen LogP contribution is -2.27. The van der Waals surface area contributed by atoms with Crippen LogP contribution in [0.1, 0.15) is 30.5 Å². The van der Waals surface area contributed by atoms with Crippen molar-refractivity contribution in [3.8, 4) is 0 Å². The first-order valence-corrected chi connectivity index (χ1v) is 7.65. The Morgan fingerprint density at radius 3 is 2.48 bits per heavy atom. The van der Waals surface area contributed by atoms with E-state index in [0.29, 0.717) is 6.04 Å². The van der Waals surface area contributed by atoms with Crippen molar-refractivity contribution in [1.82, 2.24) is 15.2 Å². The van der Waals surface area contributed by atoms with Crippen LogP contribution >= 0.6 is 0 Å². The predicted molar refractivity (Wildman–Crippen MR) is 88.0 cm³/mol. The summed E-state index contributed by atoms with van der Waals surface area (Å²) in [7, 11) is 2.18. The summed E-state index contributed by atoms with van der Waals surface area (Å²) in [6, 6.07) is 15.3. The van der Waals surface area contributed by atoms with Crippen molar-refractivity contribution >= 4 is 0 Å². The number of pyridine rings is 1. The summed E-state index contributed by atoms with van der Waals surface area (Å²) in [4.78, 5) is 6.43. The first-order valence-electron chi connectivity index (χ1n) is 7.65. The van der Waals surface area contributed by atoms with Gasteiger partial charge < -0.3 is 10.2 Å². The minimum absolute atomic E-state index is 0.427. The van der Waals surface area contributed by atoms with Crippen LogP contribution in [0.25, 0.3) is 0 Å². The van der Waals surface area contributed by atoms with E-state index in [1.807, 2.05) is 12.4 Å². The van der Waals surface area contributed by atoms with Gasteiger partial charge in [-0.3, -0.25) is 4.98 Å². The molecule has 1 unspecified atom stereocenters. The van der Waals surface area contributed by atoms with Crippen molar-refractivity contribution in [1.29, 1.82) is 0 Å². The molecule has 3 nitrogen and oxygen atoms in total. The molecule has 0 aliphatic heterocycles. The Hall–Kier alpha value is -1.71. The molecule has 0 aliphatic rings. The fraction of sp³-hybridized carbons (Fsp3) is 0.389. The number of aromatic nitrogens is 1. The smallest absolute Gasteiger partial charge is 0.0332 e. The van der Waals surface area contributed by atoms with Gasteiger partial charge in [-0.25, -0.2) is 0 Å². The van der Waals surface area contributed by atoms with Gasteiger partial charge in [0.05, 0.1) is 0 Å². The third-order valence-electron chi connectivity index (χ3n) is 3.65. The summed E-state index contributed by atoms with van der Waals surface area (Å²) in [5.41, 5.74) is 2.68. The monoisotopic (exact) mass is 283 g/mol. The Kier molecular flexibility index (Phi) is 6.38. The molecule has 0 aliphatic carbocycles. The summed E-state index contributed by atoms with van der Waals surface area (Å²) >= 11 is 0. The lowest BCUT2D eigenvalue weighted by Gasteiger charge is -2.22. The molecule has 1 aromatic heterocycles. The van der Waals surface area contributed by atoms with Crippen LogP contribution in [-0.2, 0) is 6.54 Å². The van der Waals surface area contributed by atoms with Crippen LogP contribution < -0.4 is 5.32 Å². The molecule has 0 radical (unpaired) electrons. The zero-order chi connectivity index (χ0) is 14.9. The topological polar surface area (TPSA) is 28.2 Å². The number of rotatable bonds is 8. The second-order valence-electron chi connectivity index (χ2n) is 5.40. The summed E-state index contributed by atoms with van der Waals surface area (Å²) < 4.78 is 0. The molecule has 3 heteroatoms. The van der Waals surface area contributed by atoms with E-state index in [1.54, 1.807) is 0 Å². The third-order valence-corrected chi connectivity index (χ3v) is 3.65. The van der Waals surface area contributed by atoms with Crippen LogP contribution in [0.5, 0.6) is 0 Å². The number of hydrogen-bond acceptors (Lipinski definition) is 3. The standard InChI is InChI=1S/C18H25N3/c1-3-20-18(17-7-5-4-6-8-17)11-14-21(2)15-16-9-12-19-13-10-16/h4-10,12-13,18,20H,3,11,14-15H2,1-2H3. The average molecular weight is 283 g/mol. The molecule has 2 rings (SSSR count). The van der Waals surface area contributed by atoms with Gasteiger partial charge in [-0.1, -0.05) is 37.3 Å². The van der Waals surface area contributed by atoms with E-state index in [1.165, 1.54) is 11.1 Å². The van der Waals surface area contributed by atoms with Crippen molar-refractivity contribution in [2.24, 2.45) is 0 Å². The van der Waals surface area contributed by atoms with Gasteiger partial charge in [0.2, 0.25) is 0 Å². The second kappa shape index (κ2) is 8.55. The largest absolute Gasteiger partial charge is 0.310 e. The van der Waals surface area contributed by atoms with Crippen LogP contribution in [-0.4, -0.2) is 30.0 Å². The lowest BCUT2D eigenvalue weighted by atomic mass is 10.0. The maximum atomic E-state index is 4.06. The van der Waals surface area contributed by atoms with Gasteiger partial charge in [0, 0.05) is 25.0 Å². The second-order valence-corrected chi connectivity index (χ2v) is 5.40. The van der Waals surface area contributed by atoms with Gasteiger partial charge >= 0.3 is 0 Å².